The molecule has 1 atom stereocenters. The van der Waals surface area contributed by atoms with Gasteiger partial charge in [0.1, 0.15) is 6.07 Å². The summed E-state index contributed by atoms with van der Waals surface area (Å²) in [5.41, 5.74) is 0.600. The Bertz CT molecular complexity index is 664. The second-order valence-electron chi connectivity index (χ2n) is 4.39. The van der Waals surface area contributed by atoms with Crippen LogP contribution in [0, 0.1) is 17.2 Å². The summed E-state index contributed by atoms with van der Waals surface area (Å²) in [5, 5.41) is 11.9. The topological polar surface area (TPSA) is 87.0 Å². The molecule has 100 valence electrons. The third-order valence-electron chi connectivity index (χ3n) is 2.96. The van der Waals surface area contributed by atoms with Crippen LogP contribution in [0.15, 0.2) is 18.2 Å². The van der Waals surface area contributed by atoms with Gasteiger partial charge in [-0.25, -0.2) is 8.42 Å². The molecule has 1 aromatic carbocycles. The Morgan fingerprint density at radius 2 is 2.21 bits per heavy atom. The van der Waals surface area contributed by atoms with Crippen molar-refractivity contribution in [2.24, 2.45) is 5.92 Å². The van der Waals surface area contributed by atoms with Crippen LogP contribution >= 0.6 is 11.6 Å². The molecule has 0 bridgehead atoms. The first kappa shape index (κ1) is 13.8. The van der Waals surface area contributed by atoms with Gasteiger partial charge in [-0.1, -0.05) is 11.6 Å². The second kappa shape index (κ2) is 5.19. The van der Waals surface area contributed by atoms with Gasteiger partial charge in [-0.15, -0.1) is 0 Å². The zero-order valence-electron chi connectivity index (χ0n) is 9.89. The average Bonchev–Trinajstić information content (AvgIpc) is 2.70. The summed E-state index contributed by atoms with van der Waals surface area (Å²) >= 11 is 5.81. The molecule has 1 amide bonds. The van der Waals surface area contributed by atoms with Gasteiger partial charge < -0.3 is 5.32 Å². The number of carbonyl (C=O) groups is 1. The smallest absolute Gasteiger partial charge is 0.228 e. The maximum absolute atomic E-state index is 12.0. The van der Waals surface area contributed by atoms with Crippen molar-refractivity contribution in [2.75, 3.05) is 16.8 Å². The maximum Gasteiger partial charge on any atom is 0.228 e. The van der Waals surface area contributed by atoms with Crippen molar-refractivity contribution in [1.29, 1.82) is 5.26 Å². The van der Waals surface area contributed by atoms with Crippen LogP contribution in [0.5, 0.6) is 0 Å². The van der Waals surface area contributed by atoms with Crippen molar-refractivity contribution in [3.8, 4) is 6.07 Å². The molecule has 7 heteroatoms. The number of sulfone groups is 1. The van der Waals surface area contributed by atoms with E-state index in [1.54, 1.807) is 6.07 Å². The van der Waals surface area contributed by atoms with Gasteiger partial charge in [0.25, 0.3) is 0 Å². The van der Waals surface area contributed by atoms with Gasteiger partial charge in [-0.3, -0.25) is 4.79 Å². The summed E-state index contributed by atoms with van der Waals surface area (Å²) in [6.45, 7) is 0. The Morgan fingerprint density at radius 3 is 2.79 bits per heavy atom. The zero-order valence-corrected chi connectivity index (χ0v) is 11.5. The van der Waals surface area contributed by atoms with E-state index in [4.69, 9.17) is 16.9 Å². The van der Waals surface area contributed by atoms with Gasteiger partial charge in [0, 0.05) is 5.02 Å². The van der Waals surface area contributed by atoms with Gasteiger partial charge in [-0.05, 0) is 24.6 Å². The van der Waals surface area contributed by atoms with Crippen LogP contribution < -0.4 is 5.32 Å². The fourth-order valence-electron chi connectivity index (χ4n) is 1.95. The number of amides is 1. The molecule has 0 radical (unpaired) electrons. The van der Waals surface area contributed by atoms with Crippen LogP contribution in [0.25, 0.3) is 0 Å². The standard InChI is InChI=1S/C12H11ClN2O3S/c13-10-2-1-8(6-14)11(5-10)15-12(16)9-3-4-19(17,18)7-9/h1-2,5,9H,3-4,7H2,(H,15,16). The second-order valence-corrected chi connectivity index (χ2v) is 7.06. The molecule has 1 unspecified atom stereocenters. The normalized spacial score (nSPS) is 20.7. The minimum Gasteiger partial charge on any atom is -0.325 e. The lowest BCUT2D eigenvalue weighted by Crippen LogP contribution is -2.24. The fourth-order valence-corrected chi connectivity index (χ4v) is 3.87. The predicted molar refractivity (Wildman–Crippen MR) is 71.6 cm³/mol. The summed E-state index contributed by atoms with van der Waals surface area (Å²) in [7, 11) is -3.11. The molecule has 0 aromatic heterocycles. The van der Waals surface area contributed by atoms with E-state index in [2.05, 4.69) is 5.32 Å². The highest BCUT2D eigenvalue weighted by Gasteiger charge is 2.33. The molecule has 2 rings (SSSR count). The molecular weight excluding hydrogens is 288 g/mol. The van der Waals surface area contributed by atoms with E-state index in [0.29, 0.717) is 22.7 Å². The summed E-state index contributed by atoms with van der Waals surface area (Å²) in [5.74, 6) is -1.05. The third kappa shape index (κ3) is 3.25. The number of anilines is 1. The van der Waals surface area contributed by atoms with Crippen LogP contribution in [-0.4, -0.2) is 25.8 Å². The van der Waals surface area contributed by atoms with Gasteiger partial charge in [-0.2, -0.15) is 5.26 Å². The Kier molecular flexibility index (Phi) is 3.78. The highest BCUT2D eigenvalue weighted by atomic mass is 35.5. The fraction of sp³-hybridized carbons (Fsp3) is 0.333. The number of hydrogen-bond acceptors (Lipinski definition) is 4. The molecule has 0 aliphatic carbocycles. The van der Waals surface area contributed by atoms with E-state index in [0.717, 1.165) is 0 Å². The maximum atomic E-state index is 12.0. The highest BCUT2D eigenvalue weighted by molar-refractivity contribution is 7.91. The zero-order chi connectivity index (χ0) is 14.0. The molecule has 5 nitrogen and oxygen atoms in total. The molecular formula is C12H11ClN2O3S. The molecule has 1 aliphatic rings. The molecule has 1 saturated heterocycles. The van der Waals surface area contributed by atoms with E-state index < -0.39 is 15.8 Å². The predicted octanol–water partition coefficient (Wildman–Crippen LogP) is 1.58. The van der Waals surface area contributed by atoms with Crippen molar-refractivity contribution < 1.29 is 13.2 Å². The van der Waals surface area contributed by atoms with Crippen LogP contribution in [0.2, 0.25) is 5.02 Å². The van der Waals surface area contributed by atoms with Crippen molar-refractivity contribution in [3.05, 3.63) is 28.8 Å². The number of nitrogens with one attached hydrogen (secondary N) is 1. The Balaban J connectivity index is 2.16. The third-order valence-corrected chi connectivity index (χ3v) is 4.97. The largest absolute Gasteiger partial charge is 0.325 e. The van der Waals surface area contributed by atoms with Gasteiger partial charge in [0.15, 0.2) is 9.84 Å². The Labute approximate surface area is 116 Å². The van der Waals surface area contributed by atoms with E-state index in [1.165, 1.54) is 12.1 Å². The summed E-state index contributed by atoms with van der Waals surface area (Å²) in [6.07, 6.45) is 0.316. The Hall–Kier alpha value is -1.58. The van der Waals surface area contributed by atoms with E-state index >= 15 is 0 Å². The summed E-state index contributed by atoms with van der Waals surface area (Å²) < 4.78 is 22.6. The molecule has 1 fully saturated rings. The number of benzene rings is 1. The Morgan fingerprint density at radius 1 is 1.47 bits per heavy atom. The first-order valence-corrected chi connectivity index (χ1v) is 7.82. The molecule has 1 heterocycles. The van der Waals surface area contributed by atoms with Gasteiger partial charge in [0.05, 0.1) is 28.7 Å². The number of hydrogen-bond donors (Lipinski definition) is 1. The van der Waals surface area contributed by atoms with Crippen molar-refractivity contribution in [1.82, 2.24) is 0 Å². The molecule has 1 aromatic rings. The minimum atomic E-state index is -3.11. The molecule has 1 N–H and O–H groups in total. The summed E-state index contributed by atoms with van der Waals surface area (Å²) in [6, 6.07) is 6.47. The quantitative estimate of drug-likeness (QED) is 0.898. The van der Waals surface area contributed by atoms with Crippen LogP contribution in [0.1, 0.15) is 12.0 Å². The van der Waals surface area contributed by atoms with Crippen molar-refractivity contribution in [3.63, 3.8) is 0 Å². The van der Waals surface area contributed by atoms with Crippen molar-refractivity contribution in [2.45, 2.75) is 6.42 Å². The number of carbonyl (C=O) groups excluding carboxylic acids is 1. The number of halogens is 1. The molecule has 0 spiro atoms. The molecule has 1 aliphatic heterocycles. The number of rotatable bonds is 2. The minimum absolute atomic E-state index is 0.0335. The lowest BCUT2D eigenvalue weighted by atomic mass is 10.1. The number of nitrogens with zero attached hydrogens (tertiary/aromatic N) is 1. The van der Waals surface area contributed by atoms with E-state index in [-0.39, 0.29) is 17.4 Å². The van der Waals surface area contributed by atoms with Crippen LogP contribution in [0.4, 0.5) is 5.69 Å². The average molecular weight is 299 g/mol. The SMILES string of the molecule is N#Cc1ccc(Cl)cc1NC(=O)C1CCS(=O)(=O)C1. The lowest BCUT2D eigenvalue weighted by Gasteiger charge is -2.10. The lowest BCUT2D eigenvalue weighted by molar-refractivity contribution is -0.119. The van der Waals surface area contributed by atoms with Crippen LogP contribution in [-0.2, 0) is 14.6 Å². The first-order valence-electron chi connectivity index (χ1n) is 5.62. The van der Waals surface area contributed by atoms with E-state index in [9.17, 15) is 13.2 Å². The van der Waals surface area contributed by atoms with Gasteiger partial charge in [0.2, 0.25) is 5.91 Å². The molecule has 0 saturated carbocycles. The van der Waals surface area contributed by atoms with Crippen LogP contribution in [0.3, 0.4) is 0 Å². The molecule has 19 heavy (non-hydrogen) atoms. The first-order chi connectivity index (χ1) is 8.91. The summed E-state index contributed by atoms with van der Waals surface area (Å²) in [4.78, 5) is 12.0. The van der Waals surface area contributed by atoms with E-state index in [1.807, 2.05) is 6.07 Å². The monoisotopic (exact) mass is 298 g/mol. The van der Waals surface area contributed by atoms with Gasteiger partial charge >= 0.3 is 0 Å². The number of nitriles is 1. The highest BCUT2D eigenvalue weighted by Crippen LogP contribution is 2.24. The van der Waals surface area contributed by atoms with Crippen molar-refractivity contribution >= 4 is 33.0 Å².